The molecule has 0 N–H and O–H groups in total. The first kappa shape index (κ1) is 7.92. The van der Waals surface area contributed by atoms with Crippen molar-refractivity contribution in [2.24, 2.45) is 0 Å². The molecule has 2 heteroatoms. The van der Waals surface area contributed by atoms with E-state index in [-0.39, 0.29) is 0 Å². The first-order valence-electron chi connectivity index (χ1n) is 3.01. The topological polar surface area (TPSA) is 15.1 Å². The number of hydroxylamine groups is 2. The molecule has 0 aromatic carbocycles. The Kier molecular flexibility index (Phi) is 3.83. The maximum Gasteiger partial charge on any atom is 0.149 e. The van der Waals surface area contributed by atoms with Crippen LogP contribution in [0, 0.1) is 0 Å². The maximum absolute atomic E-state index is 5.23. The van der Waals surface area contributed by atoms with E-state index in [9.17, 15) is 0 Å². The van der Waals surface area contributed by atoms with Gasteiger partial charge in [-0.15, -0.1) is 4.84 Å². The summed E-state index contributed by atoms with van der Waals surface area (Å²) < 4.78 is 0. The second kappa shape index (κ2) is 3.87. The highest BCUT2D eigenvalue weighted by molar-refractivity contribution is 4.41. The van der Waals surface area contributed by atoms with Crippen molar-refractivity contribution >= 4 is 0 Å². The third-order valence-electron chi connectivity index (χ3n) is 0.966. The predicted octanol–water partition coefficient (Wildman–Crippen LogP) is 1.12. The van der Waals surface area contributed by atoms with E-state index in [2.05, 4.69) is 13.8 Å². The van der Waals surface area contributed by atoms with Gasteiger partial charge in [0.05, 0.1) is 0 Å². The number of rotatable bonds is 3. The summed E-state index contributed by atoms with van der Waals surface area (Å²) in [6.07, 6.45) is 1.42. The molecule has 0 saturated carbocycles. The van der Waals surface area contributed by atoms with E-state index in [1.54, 1.807) is 5.06 Å². The number of nitrogens with zero attached hydrogens (tertiary/aromatic N) is 1. The molecule has 0 aliphatic rings. The predicted molar refractivity (Wildman–Crippen MR) is 34.8 cm³/mol. The summed E-state index contributed by atoms with van der Waals surface area (Å²) in [6.45, 7) is 4.16. The van der Waals surface area contributed by atoms with Gasteiger partial charge in [-0.3, -0.25) is 0 Å². The zero-order chi connectivity index (χ0) is 6.57. The van der Waals surface area contributed by atoms with E-state index in [0.29, 0.717) is 6.10 Å². The van der Waals surface area contributed by atoms with E-state index in [4.69, 9.17) is 4.84 Å². The van der Waals surface area contributed by atoms with Crippen LogP contribution >= 0.6 is 0 Å². The Morgan fingerprint density at radius 1 is 1.50 bits per heavy atom. The minimum Gasteiger partial charge on any atom is -0.146 e. The molecule has 0 rings (SSSR count). The fraction of sp³-hybridized carbons (Fsp3) is 1.00. The lowest BCUT2D eigenvalue weighted by Crippen LogP contribution is -2.24. The van der Waals surface area contributed by atoms with Gasteiger partial charge in [-0.05, 0) is 18.4 Å². The van der Waals surface area contributed by atoms with Crippen LogP contribution in [-0.2, 0) is 4.84 Å². The van der Waals surface area contributed by atoms with Crippen molar-refractivity contribution in [2.75, 3.05) is 14.1 Å². The fourth-order valence-corrected chi connectivity index (χ4v) is 0.434. The van der Waals surface area contributed by atoms with E-state index in [0.717, 1.165) is 6.42 Å². The molecule has 0 bridgehead atoms. The zero-order valence-corrected chi connectivity index (χ0v) is 6.14. The molecule has 0 amide bonds. The molecule has 49 valence electrons. The van der Waals surface area contributed by atoms with Crippen LogP contribution in [0.1, 0.15) is 20.3 Å². The largest absolute Gasteiger partial charge is 0.149 e. The van der Waals surface area contributed by atoms with Crippen LogP contribution in [0.5, 0.6) is 0 Å². The van der Waals surface area contributed by atoms with Crippen molar-refractivity contribution in [3.05, 3.63) is 0 Å². The summed E-state index contributed by atoms with van der Waals surface area (Å²) in [5.74, 6) is 0. The average molecular weight is 117 g/mol. The van der Waals surface area contributed by atoms with E-state index in [1.165, 1.54) is 0 Å². The molecular weight excluding hydrogens is 102 g/mol. The number of hydrogen-bond acceptors (Lipinski definition) is 2. The Morgan fingerprint density at radius 2 is 2.00 bits per heavy atom. The average Bonchev–Trinajstić information content (AvgIpc) is 1.65. The monoisotopic (exact) mass is 117 g/mol. The molecule has 2 nitrogen and oxygen atoms in total. The highest BCUT2D eigenvalue weighted by Gasteiger charge is 2.06. The molecule has 0 fully saturated rings. The molecule has 0 saturated heterocycles. The Labute approximate surface area is 51.4 Å². The first-order valence-corrected chi connectivity index (χ1v) is 3.01. The van der Waals surface area contributed by atoms with Gasteiger partial charge in [0.25, 0.3) is 0 Å². The molecule has 0 spiro atoms. The standard InChI is InChI=1S/C6H15NO/c1-5-6(2)8-7(3)4/h6H,5H2,1-4H3/q+1. The van der Waals surface area contributed by atoms with Gasteiger partial charge in [0, 0.05) is 0 Å². The van der Waals surface area contributed by atoms with Crippen molar-refractivity contribution < 1.29 is 4.84 Å². The lowest BCUT2D eigenvalue weighted by atomic mass is 10.3. The fourth-order valence-electron chi connectivity index (χ4n) is 0.434. The van der Waals surface area contributed by atoms with Crippen molar-refractivity contribution in [3.63, 3.8) is 0 Å². The normalized spacial score (nSPS) is 14.6. The first-order chi connectivity index (χ1) is 3.66. The summed E-state index contributed by atoms with van der Waals surface area (Å²) in [4.78, 5) is 5.23. The van der Waals surface area contributed by atoms with Gasteiger partial charge in [-0.25, -0.2) is 0 Å². The lowest BCUT2D eigenvalue weighted by Gasteiger charge is -2.04. The van der Waals surface area contributed by atoms with Crippen LogP contribution in [0.4, 0.5) is 0 Å². The Balaban J connectivity index is 3.10. The smallest absolute Gasteiger partial charge is 0.146 e. The molecule has 1 radical (unpaired) electrons. The van der Waals surface area contributed by atoms with Crippen molar-refractivity contribution in [3.8, 4) is 0 Å². The summed E-state index contributed by atoms with van der Waals surface area (Å²) >= 11 is 0. The van der Waals surface area contributed by atoms with Crippen LogP contribution in [0.15, 0.2) is 0 Å². The van der Waals surface area contributed by atoms with Gasteiger partial charge < -0.3 is 0 Å². The number of hydrogen-bond donors (Lipinski definition) is 0. The van der Waals surface area contributed by atoms with Crippen LogP contribution in [0.25, 0.3) is 0 Å². The molecule has 0 aliphatic carbocycles. The van der Waals surface area contributed by atoms with Gasteiger partial charge >= 0.3 is 0 Å². The Bertz CT molecular complexity index is 54.5. The maximum atomic E-state index is 5.23. The van der Waals surface area contributed by atoms with Gasteiger partial charge in [-0.1, -0.05) is 6.92 Å². The highest BCUT2D eigenvalue weighted by Crippen LogP contribution is 1.93. The zero-order valence-electron chi connectivity index (χ0n) is 6.14. The molecule has 0 heterocycles. The van der Waals surface area contributed by atoms with Crippen LogP contribution in [0.3, 0.4) is 0 Å². The Hall–Kier alpha value is -0.0800. The van der Waals surface area contributed by atoms with E-state index in [1.807, 2.05) is 14.1 Å². The molecule has 0 aromatic rings. The van der Waals surface area contributed by atoms with Crippen molar-refractivity contribution in [1.29, 1.82) is 0 Å². The molecule has 0 aromatic heterocycles. The molecule has 8 heavy (non-hydrogen) atoms. The van der Waals surface area contributed by atoms with E-state index >= 15 is 0 Å². The van der Waals surface area contributed by atoms with Crippen molar-refractivity contribution in [1.82, 2.24) is 5.06 Å². The van der Waals surface area contributed by atoms with Crippen LogP contribution < -0.4 is 5.06 Å². The minimum atomic E-state index is 0.352. The summed E-state index contributed by atoms with van der Waals surface area (Å²) in [5.41, 5.74) is 0. The van der Waals surface area contributed by atoms with E-state index < -0.39 is 0 Å². The highest BCUT2D eigenvalue weighted by atomic mass is 16.7. The summed E-state index contributed by atoms with van der Waals surface area (Å²) in [6, 6.07) is 0. The lowest BCUT2D eigenvalue weighted by molar-refractivity contribution is -0.0822. The van der Waals surface area contributed by atoms with Gasteiger partial charge in [0.15, 0.2) is 0 Å². The van der Waals surface area contributed by atoms with Crippen molar-refractivity contribution in [2.45, 2.75) is 26.4 Å². The summed E-state index contributed by atoms with van der Waals surface area (Å²) in [7, 11) is 3.79. The molecule has 1 unspecified atom stereocenters. The Morgan fingerprint density at radius 3 is 2.12 bits per heavy atom. The van der Waals surface area contributed by atoms with Gasteiger partial charge in [0.1, 0.15) is 20.2 Å². The quantitative estimate of drug-likeness (QED) is 0.399. The second-order valence-corrected chi connectivity index (χ2v) is 2.14. The molecular formula is C6H15NO+. The minimum absolute atomic E-state index is 0.352. The van der Waals surface area contributed by atoms with Crippen LogP contribution in [-0.4, -0.2) is 20.2 Å². The van der Waals surface area contributed by atoms with Crippen LogP contribution in [0.2, 0.25) is 0 Å². The second-order valence-electron chi connectivity index (χ2n) is 2.14. The third-order valence-corrected chi connectivity index (χ3v) is 0.966. The summed E-state index contributed by atoms with van der Waals surface area (Å²) in [5, 5.41) is 1.73. The molecule has 0 aliphatic heterocycles. The van der Waals surface area contributed by atoms with Gasteiger partial charge in [0.2, 0.25) is 0 Å². The third kappa shape index (κ3) is 4.09. The SMILES string of the molecule is CCC(C)O[N+](C)C. The van der Waals surface area contributed by atoms with Gasteiger partial charge in [-0.2, -0.15) is 0 Å². The molecule has 1 atom stereocenters.